The third-order valence-corrected chi connectivity index (χ3v) is 3.15. The van der Waals surface area contributed by atoms with E-state index in [9.17, 15) is 0 Å². The van der Waals surface area contributed by atoms with Crippen LogP contribution in [0.3, 0.4) is 0 Å². The van der Waals surface area contributed by atoms with E-state index in [0.29, 0.717) is 5.56 Å². The molecular formula is C16H12N2. The summed E-state index contributed by atoms with van der Waals surface area (Å²) in [5, 5.41) is 10.0. The molecule has 0 fully saturated rings. The first-order valence-corrected chi connectivity index (χ1v) is 5.91. The van der Waals surface area contributed by atoms with Crippen molar-refractivity contribution in [2.24, 2.45) is 0 Å². The van der Waals surface area contributed by atoms with E-state index in [4.69, 9.17) is 5.26 Å². The minimum atomic E-state index is 0.706. The summed E-state index contributed by atoms with van der Waals surface area (Å²) in [6, 6.07) is 18.2. The van der Waals surface area contributed by atoms with Crippen molar-refractivity contribution in [2.45, 2.75) is 6.42 Å². The molecule has 0 bridgehead atoms. The first kappa shape index (κ1) is 10.6. The molecule has 18 heavy (non-hydrogen) atoms. The summed E-state index contributed by atoms with van der Waals surface area (Å²) in [4.78, 5) is 3.28. The van der Waals surface area contributed by atoms with Gasteiger partial charge >= 0.3 is 0 Å². The standard InChI is InChI=1S/C16H12N2/c17-10-13-7-5-12(6-8-13)9-14-11-18-16-4-2-1-3-15(14)16/h1-8,11,18H,9H2. The van der Waals surface area contributed by atoms with E-state index in [-0.39, 0.29) is 0 Å². The van der Waals surface area contributed by atoms with Crippen LogP contribution in [0.15, 0.2) is 54.7 Å². The van der Waals surface area contributed by atoms with Crippen LogP contribution in [0.2, 0.25) is 0 Å². The lowest BCUT2D eigenvalue weighted by molar-refractivity contribution is 1.20. The lowest BCUT2D eigenvalue weighted by Gasteiger charge is -2.00. The lowest BCUT2D eigenvalue weighted by atomic mass is 10.0. The number of H-pyrrole nitrogens is 1. The molecule has 2 heteroatoms. The summed E-state index contributed by atoms with van der Waals surface area (Å²) in [5.41, 5.74) is 4.38. The lowest BCUT2D eigenvalue weighted by Crippen LogP contribution is -1.86. The summed E-state index contributed by atoms with van der Waals surface area (Å²) in [7, 11) is 0. The molecule has 0 unspecified atom stereocenters. The fourth-order valence-corrected chi connectivity index (χ4v) is 2.19. The van der Waals surface area contributed by atoms with Crippen molar-refractivity contribution in [2.75, 3.05) is 0 Å². The minimum Gasteiger partial charge on any atom is -0.361 e. The minimum absolute atomic E-state index is 0.706. The van der Waals surface area contributed by atoms with Gasteiger partial charge in [0.2, 0.25) is 0 Å². The average molecular weight is 232 g/mol. The highest BCUT2D eigenvalue weighted by Gasteiger charge is 2.03. The number of para-hydroxylation sites is 1. The van der Waals surface area contributed by atoms with Gasteiger partial charge in [0, 0.05) is 17.1 Å². The number of hydrogen-bond acceptors (Lipinski definition) is 1. The summed E-state index contributed by atoms with van der Waals surface area (Å²) >= 11 is 0. The molecule has 1 heterocycles. The summed E-state index contributed by atoms with van der Waals surface area (Å²) < 4.78 is 0. The monoisotopic (exact) mass is 232 g/mol. The number of benzene rings is 2. The van der Waals surface area contributed by atoms with E-state index in [0.717, 1.165) is 6.42 Å². The van der Waals surface area contributed by atoms with Crippen LogP contribution in [0.4, 0.5) is 0 Å². The Hall–Kier alpha value is -2.53. The Balaban J connectivity index is 1.94. The maximum atomic E-state index is 8.77. The molecule has 0 aliphatic rings. The number of rotatable bonds is 2. The molecule has 1 aromatic heterocycles. The smallest absolute Gasteiger partial charge is 0.0991 e. The molecule has 1 N–H and O–H groups in total. The van der Waals surface area contributed by atoms with Gasteiger partial charge in [0.25, 0.3) is 0 Å². The molecule has 0 aliphatic carbocycles. The Kier molecular flexibility index (Phi) is 2.59. The van der Waals surface area contributed by atoms with E-state index < -0.39 is 0 Å². The van der Waals surface area contributed by atoms with Crippen LogP contribution < -0.4 is 0 Å². The number of hydrogen-bond donors (Lipinski definition) is 1. The number of aromatic amines is 1. The molecule has 3 aromatic rings. The van der Waals surface area contributed by atoms with E-state index >= 15 is 0 Å². The van der Waals surface area contributed by atoms with Crippen molar-refractivity contribution in [3.63, 3.8) is 0 Å². The zero-order valence-electron chi connectivity index (χ0n) is 9.85. The topological polar surface area (TPSA) is 39.6 Å². The third-order valence-electron chi connectivity index (χ3n) is 3.15. The molecule has 86 valence electrons. The molecule has 2 aromatic carbocycles. The van der Waals surface area contributed by atoms with Gasteiger partial charge in [-0.2, -0.15) is 5.26 Å². The molecule has 0 aliphatic heterocycles. The number of nitrogens with one attached hydrogen (secondary N) is 1. The number of nitrogens with zero attached hydrogens (tertiary/aromatic N) is 1. The van der Waals surface area contributed by atoms with Gasteiger partial charge < -0.3 is 4.98 Å². The summed E-state index contributed by atoms with van der Waals surface area (Å²) in [6.07, 6.45) is 2.94. The number of nitriles is 1. The van der Waals surface area contributed by atoms with Crippen LogP contribution in [0.25, 0.3) is 10.9 Å². The van der Waals surface area contributed by atoms with Gasteiger partial charge in [-0.05, 0) is 35.7 Å². The maximum Gasteiger partial charge on any atom is 0.0991 e. The quantitative estimate of drug-likeness (QED) is 0.720. The Morgan fingerprint density at radius 1 is 1.00 bits per heavy atom. The molecule has 0 atom stereocenters. The van der Waals surface area contributed by atoms with Crippen LogP contribution in [-0.4, -0.2) is 4.98 Å². The van der Waals surface area contributed by atoms with Crippen LogP contribution in [0.5, 0.6) is 0 Å². The van der Waals surface area contributed by atoms with Crippen molar-refractivity contribution >= 4 is 10.9 Å². The second-order valence-electron chi connectivity index (χ2n) is 4.35. The maximum absolute atomic E-state index is 8.77. The van der Waals surface area contributed by atoms with Crippen molar-refractivity contribution < 1.29 is 0 Å². The average Bonchev–Trinajstić information content (AvgIpc) is 2.83. The van der Waals surface area contributed by atoms with Crippen LogP contribution >= 0.6 is 0 Å². The van der Waals surface area contributed by atoms with Gasteiger partial charge in [-0.3, -0.25) is 0 Å². The molecule has 3 rings (SSSR count). The molecule has 0 radical (unpaired) electrons. The van der Waals surface area contributed by atoms with E-state index in [1.165, 1.54) is 22.0 Å². The fourth-order valence-electron chi connectivity index (χ4n) is 2.19. The van der Waals surface area contributed by atoms with Gasteiger partial charge in [-0.1, -0.05) is 30.3 Å². The fraction of sp³-hybridized carbons (Fsp3) is 0.0625. The van der Waals surface area contributed by atoms with E-state index in [2.05, 4.69) is 35.4 Å². The highest BCUT2D eigenvalue weighted by atomic mass is 14.7. The van der Waals surface area contributed by atoms with E-state index in [1.54, 1.807) is 0 Å². The normalized spacial score (nSPS) is 10.4. The van der Waals surface area contributed by atoms with Crippen molar-refractivity contribution in [1.29, 1.82) is 5.26 Å². The van der Waals surface area contributed by atoms with Gasteiger partial charge in [0.05, 0.1) is 11.6 Å². The predicted octanol–water partition coefficient (Wildman–Crippen LogP) is 3.63. The van der Waals surface area contributed by atoms with Crippen molar-refractivity contribution in [1.82, 2.24) is 4.98 Å². The summed E-state index contributed by atoms with van der Waals surface area (Å²) in [5.74, 6) is 0. The molecule has 0 amide bonds. The van der Waals surface area contributed by atoms with E-state index in [1.807, 2.05) is 30.3 Å². The van der Waals surface area contributed by atoms with Gasteiger partial charge in [0.15, 0.2) is 0 Å². The van der Waals surface area contributed by atoms with Gasteiger partial charge in [-0.25, -0.2) is 0 Å². The van der Waals surface area contributed by atoms with Crippen molar-refractivity contribution in [3.05, 3.63) is 71.4 Å². The van der Waals surface area contributed by atoms with Crippen LogP contribution in [-0.2, 0) is 6.42 Å². The Bertz CT molecular complexity index is 715. The first-order chi connectivity index (χ1) is 8.86. The van der Waals surface area contributed by atoms with Crippen LogP contribution in [0, 0.1) is 11.3 Å². The predicted molar refractivity (Wildman–Crippen MR) is 72.3 cm³/mol. The number of fused-ring (bicyclic) bond motifs is 1. The zero-order chi connectivity index (χ0) is 12.4. The molecule has 0 spiro atoms. The Morgan fingerprint density at radius 3 is 2.56 bits per heavy atom. The zero-order valence-corrected chi connectivity index (χ0v) is 9.85. The first-order valence-electron chi connectivity index (χ1n) is 5.91. The molecule has 2 nitrogen and oxygen atoms in total. The van der Waals surface area contributed by atoms with Crippen LogP contribution in [0.1, 0.15) is 16.7 Å². The second-order valence-corrected chi connectivity index (χ2v) is 4.35. The van der Waals surface area contributed by atoms with Gasteiger partial charge in [-0.15, -0.1) is 0 Å². The SMILES string of the molecule is N#Cc1ccc(Cc2c[nH]c3ccccc23)cc1. The Labute approximate surface area is 106 Å². The second kappa shape index (κ2) is 4.38. The highest BCUT2D eigenvalue weighted by molar-refractivity contribution is 5.83. The number of aromatic nitrogens is 1. The summed E-state index contributed by atoms with van der Waals surface area (Å²) in [6.45, 7) is 0. The molecule has 0 saturated heterocycles. The largest absolute Gasteiger partial charge is 0.361 e. The van der Waals surface area contributed by atoms with Crippen molar-refractivity contribution in [3.8, 4) is 6.07 Å². The highest BCUT2D eigenvalue weighted by Crippen LogP contribution is 2.20. The molecule has 0 saturated carbocycles. The third kappa shape index (κ3) is 1.87. The van der Waals surface area contributed by atoms with Gasteiger partial charge in [0.1, 0.15) is 0 Å². The Morgan fingerprint density at radius 2 is 1.78 bits per heavy atom. The molecular weight excluding hydrogens is 220 g/mol.